The van der Waals surface area contributed by atoms with Gasteiger partial charge in [0.2, 0.25) is 5.13 Å². The van der Waals surface area contributed by atoms with E-state index in [1.807, 2.05) is 0 Å². The van der Waals surface area contributed by atoms with Crippen LogP contribution in [0.4, 0.5) is 9.52 Å². The van der Waals surface area contributed by atoms with Crippen LogP contribution in [0, 0.1) is 5.82 Å². The third kappa shape index (κ3) is 3.98. The summed E-state index contributed by atoms with van der Waals surface area (Å²) in [5.41, 5.74) is 0.0823. The highest BCUT2D eigenvalue weighted by atomic mass is 32.1. The Labute approximate surface area is 144 Å². The van der Waals surface area contributed by atoms with Gasteiger partial charge in [0.05, 0.1) is 0 Å². The molecule has 0 bridgehead atoms. The first-order chi connectivity index (χ1) is 12.0. The third-order valence-corrected chi connectivity index (χ3v) is 3.91. The predicted molar refractivity (Wildman–Crippen MR) is 86.1 cm³/mol. The molecule has 0 atom stereocenters. The molecule has 2 heterocycles. The monoisotopic (exact) mass is 359 g/mol. The van der Waals surface area contributed by atoms with Gasteiger partial charge in [0.25, 0.3) is 5.91 Å². The van der Waals surface area contributed by atoms with Gasteiger partial charge >= 0.3 is 5.97 Å². The first-order valence-electron chi connectivity index (χ1n) is 6.95. The van der Waals surface area contributed by atoms with Gasteiger partial charge in [-0.3, -0.25) is 10.1 Å². The minimum Gasteiger partial charge on any atom is -0.476 e. The number of nitrogens with one attached hydrogen (secondary N) is 1. The summed E-state index contributed by atoms with van der Waals surface area (Å²) in [5, 5.41) is 20.1. The summed E-state index contributed by atoms with van der Waals surface area (Å²) in [6.45, 7) is 0. The van der Waals surface area contributed by atoms with Gasteiger partial charge in [0.1, 0.15) is 10.8 Å². The standard InChI is InChI=1S/C15H10FN5O3S/c16-9-3-1-8(2-4-9)7-10-20-21-15(25-10)19-13(22)11-12(14(23)24)18-6-5-17-11/h1-6H,7H2,(H,23,24)(H,19,21,22). The number of carboxylic acid groups (broad SMARTS) is 1. The molecule has 1 aromatic carbocycles. The predicted octanol–water partition coefficient (Wildman–Crippen LogP) is 2.01. The topological polar surface area (TPSA) is 118 Å². The van der Waals surface area contributed by atoms with Crippen LogP contribution in [0.2, 0.25) is 0 Å². The van der Waals surface area contributed by atoms with Crippen molar-refractivity contribution < 1.29 is 19.1 Å². The van der Waals surface area contributed by atoms with Gasteiger partial charge in [-0.25, -0.2) is 19.2 Å². The molecule has 25 heavy (non-hydrogen) atoms. The van der Waals surface area contributed by atoms with Crippen molar-refractivity contribution in [3.05, 3.63) is 64.4 Å². The molecule has 3 rings (SSSR count). The number of rotatable bonds is 5. The summed E-state index contributed by atoms with van der Waals surface area (Å²) in [7, 11) is 0. The average Bonchev–Trinajstić information content (AvgIpc) is 3.03. The number of aromatic nitrogens is 4. The van der Waals surface area contributed by atoms with Crippen LogP contribution < -0.4 is 5.32 Å². The molecular weight excluding hydrogens is 349 g/mol. The van der Waals surface area contributed by atoms with Crippen molar-refractivity contribution in [1.82, 2.24) is 20.2 Å². The molecule has 10 heteroatoms. The van der Waals surface area contributed by atoms with Crippen molar-refractivity contribution in [2.45, 2.75) is 6.42 Å². The zero-order valence-corrected chi connectivity index (χ0v) is 13.3. The van der Waals surface area contributed by atoms with E-state index in [-0.39, 0.29) is 16.6 Å². The molecular formula is C15H10FN5O3S. The molecule has 0 fully saturated rings. The molecule has 1 amide bonds. The molecule has 0 spiro atoms. The van der Waals surface area contributed by atoms with Gasteiger partial charge in [0, 0.05) is 18.8 Å². The molecule has 0 saturated carbocycles. The van der Waals surface area contributed by atoms with Gasteiger partial charge in [-0.2, -0.15) is 0 Å². The third-order valence-electron chi connectivity index (χ3n) is 3.07. The fourth-order valence-corrected chi connectivity index (χ4v) is 2.74. The number of halogens is 1. The van der Waals surface area contributed by atoms with Crippen molar-refractivity contribution in [1.29, 1.82) is 0 Å². The number of hydrogen-bond donors (Lipinski definition) is 2. The maximum absolute atomic E-state index is 12.9. The minimum absolute atomic E-state index is 0.198. The molecule has 0 radical (unpaired) electrons. The lowest BCUT2D eigenvalue weighted by Crippen LogP contribution is -2.19. The Kier molecular flexibility index (Phi) is 4.70. The summed E-state index contributed by atoms with van der Waals surface area (Å²) in [4.78, 5) is 30.6. The molecule has 8 nitrogen and oxygen atoms in total. The van der Waals surface area contributed by atoms with E-state index in [0.717, 1.165) is 16.9 Å². The fraction of sp³-hybridized carbons (Fsp3) is 0.0667. The Bertz CT molecular complexity index is 929. The van der Waals surface area contributed by atoms with Gasteiger partial charge < -0.3 is 5.11 Å². The lowest BCUT2D eigenvalue weighted by molar-refractivity contribution is 0.0685. The van der Waals surface area contributed by atoms with Gasteiger partial charge in [-0.15, -0.1) is 10.2 Å². The SMILES string of the molecule is O=C(O)c1nccnc1C(=O)Nc1nnc(Cc2ccc(F)cc2)s1. The number of carbonyl (C=O) groups excluding carboxylic acids is 1. The Hall–Kier alpha value is -3.27. The number of benzene rings is 1. The summed E-state index contributed by atoms with van der Waals surface area (Å²) in [5.74, 6) is -2.42. The Morgan fingerprint density at radius 1 is 1.08 bits per heavy atom. The van der Waals surface area contributed by atoms with E-state index >= 15 is 0 Å². The van der Waals surface area contributed by atoms with Crippen LogP contribution in [0.15, 0.2) is 36.7 Å². The van der Waals surface area contributed by atoms with Crippen molar-refractivity contribution in [3.63, 3.8) is 0 Å². The number of carbonyl (C=O) groups is 2. The smallest absolute Gasteiger partial charge is 0.356 e. The molecule has 0 saturated heterocycles. The van der Waals surface area contributed by atoms with Crippen LogP contribution in [0.5, 0.6) is 0 Å². The highest BCUT2D eigenvalue weighted by Gasteiger charge is 2.20. The van der Waals surface area contributed by atoms with E-state index in [0.29, 0.717) is 11.4 Å². The molecule has 0 aliphatic rings. The lowest BCUT2D eigenvalue weighted by Gasteiger charge is -2.02. The number of nitrogens with zero attached hydrogens (tertiary/aromatic N) is 4. The number of hydrogen-bond acceptors (Lipinski definition) is 7. The first kappa shape index (κ1) is 16.6. The zero-order valence-electron chi connectivity index (χ0n) is 12.5. The van der Waals surface area contributed by atoms with Crippen LogP contribution >= 0.6 is 11.3 Å². The van der Waals surface area contributed by atoms with Gasteiger partial charge in [-0.1, -0.05) is 23.5 Å². The van der Waals surface area contributed by atoms with E-state index in [1.165, 1.54) is 24.5 Å². The zero-order chi connectivity index (χ0) is 17.8. The van der Waals surface area contributed by atoms with E-state index in [2.05, 4.69) is 25.5 Å². The second kappa shape index (κ2) is 7.09. The van der Waals surface area contributed by atoms with E-state index in [1.54, 1.807) is 12.1 Å². The normalized spacial score (nSPS) is 10.4. The number of aromatic carboxylic acids is 1. The molecule has 2 N–H and O–H groups in total. The van der Waals surface area contributed by atoms with Crippen LogP contribution in [-0.2, 0) is 6.42 Å². The summed E-state index contributed by atoms with van der Waals surface area (Å²) in [6.07, 6.45) is 2.84. The summed E-state index contributed by atoms with van der Waals surface area (Å²) in [6, 6.07) is 5.96. The molecule has 0 unspecified atom stereocenters. The van der Waals surface area contributed by atoms with Crippen LogP contribution in [0.1, 0.15) is 31.5 Å². The van der Waals surface area contributed by atoms with E-state index in [9.17, 15) is 14.0 Å². The maximum atomic E-state index is 12.9. The quantitative estimate of drug-likeness (QED) is 0.715. The van der Waals surface area contributed by atoms with Crippen LogP contribution in [0.3, 0.4) is 0 Å². The summed E-state index contributed by atoms with van der Waals surface area (Å²) >= 11 is 1.13. The van der Waals surface area contributed by atoms with Gasteiger partial charge in [0.15, 0.2) is 11.4 Å². The highest BCUT2D eigenvalue weighted by molar-refractivity contribution is 7.15. The van der Waals surface area contributed by atoms with Gasteiger partial charge in [-0.05, 0) is 17.7 Å². The van der Waals surface area contributed by atoms with Crippen molar-refractivity contribution >= 4 is 28.3 Å². The second-order valence-electron chi connectivity index (χ2n) is 4.82. The molecule has 2 aromatic heterocycles. The minimum atomic E-state index is -1.35. The fourth-order valence-electron chi connectivity index (χ4n) is 1.97. The second-order valence-corrected chi connectivity index (χ2v) is 5.88. The van der Waals surface area contributed by atoms with Crippen LogP contribution in [-0.4, -0.2) is 37.1 Å². The maximum Gasteiger partial charge on any atom is 0.356 e. The Morgan fingerprint density at radius 3 is 2.44 bits per heavy atom. The largest absolute Gasteiger partial charge is 0.476 e. The number of anilines is 1. The molecule has 126 valence electrons. The van der Waals surface area contributed by atoms with Crippen molar-refractivity contribution in [2.75, 3.05) is 5.32 Å². The molecule has 0 aliphatic carbocycles. The summed E-state index contributed by atoms with van der Waals surface area (Å²) < 4.78 is 12.9. The number of amides is 1. The highest BCUT2D eigenvalue weighted by Crippen LogP contribution is 2.19. The molecule has 0 aliphatic heterocycles. The lowest BCUT2D eigenvalue weighted by atomic mass is 10.2. The molecule has 3 aromatic rings. The van der Waals surface area contributed by atoms with Crippen LogP contribution in [0.25, 0.3) is 0 Å². The number of carboxylic acids is 1. The van der Waals surface area contributed by atoms with Crippen molar-refractivity contribution in [3.8, 4) is 0 Å². The first-order valence-corrected chi connectivity index (χ1v) is 7.77. The van der Waals surface area contributed by atoms with E-state index in [4.69, 9.17) is 5.11 Å². The Balaban J connectivity index is 1.72. The average molecular weight is 359 g/mol. The van der Waals surface area contributed by atoms with E-state index < -0.39 is 17.6 Å². The van der Waals surface area contributed by atoms with Crippen molar-refractivity contribution in [2.24, 2.45) is 0 Å². The Morgan fingerprint density at radius 2 is 1.76 bits per heavy atom.